The highest BCUT2D eigenvalue weighted by Crippen LogP contribution is 2.26. The Morgan fingerprint density at radius 3 is 2.32 bits per heavy atom. The third kappa shape index (κ3) is 5.49. The molecule has 0 bridgehead atoms. The predicted molar refractivity (Wildman–Crippen MR) is 111 cm³/mol. The smallest absolute Gasteiger partial charge is 0.260 e. The monoisotopic (exact) mass is 382 g/mol. The maximum atomic E-state index is 12.6. The Labute approximate surface area is 167 Å². The average molecular weight is 383 g/mol. The lowest BCUT2D eigenvalue weighted by molar-refractivity contribution is -0.127. The van der Waals surface area contributed by atoms with E-state index < -0.39 is 6.10 Å². The number of ether oxygens (including phenoxy) is 2. The first-order valence-corrected chi connectivity index (χ1v) is 10.0. The third-order valence-electron chi connectivity index (χ3n) is 5.23. The molecule has 1 aliphatic rings. The molecule has 1 amide bonds. The molecule has 0 saturated carbocycles. The Kier molecular flexibility index (Phi) is 7.31. The van der Waals surface area contributed by atoms with Crippen molar-refractivity contribution in [1.82, 2.24) is 10.2 Å². The quantitative estimate of drug-likeness (QED) is 0.754. The van der Waals surface area contributed by atoms with E-state index in [-0.39, 0.29) is 11.9 Å². The topological polar surface area (TPSA) is 50.8 Å². The van der Waals surface area contributed by atoms with E-state index in [1.54, 1.807) is 14.0 Å². The first kappa shape index (κ1) is 20.2. The summed E-state index contributed by atoms with van der Waals surface area (Å²) in [4.78, 5) is 15.1. The number of piperidine rings is 1. The van der Waals surface area contributed by atoms with Crippen molar-refractivity contribution in [3.63, 3.8) is 0 Å². The van der Waals surface area contributed by atoms with Crippen molar-refractivity contribution in [3.8, 4) is 11.5 Å². The van der Waals surface area contributed by atoms with Gasteiger partial charge in [-0.1, -0.05) is 36.8 Å². The van der Waals surface area contributed by atoms with Crippen LogP contribution in [0, 0.1) is 0 Å². The van der Waals surface area contributed by atoms with E-state index in [1.165, 1.54) is 24.8 Å². The Morgan fingerprint density at radius 1 is 1.00 bits per heavy atom. The van der Waals surface area contributed by atoms with E-state index >= 15 is 0 Å². The number of para-hydroxylation sites is 1. The molecule has 2 atom stereocenters. The van der Waals surface area contributed by atoms with Crippen LogP contribution in [-0.4, -0.2) is 43.7 Å². The van der Waals surface area contributed by atoms with Gasteiger partial charge in [0, 0.05) is 6.54 Å². The number of carbonyl (C=O) groups excluding carboxylic acids is 1. The minimum Gasteiger partial charge on any atom is -0.497 e. The van der Waals surface area contributed by atoms with Gasteiger partial charge in [0.05, 0.1) is 13.2 Å². The third-order valence-corrected chi connectivity index (χ3v) is 5.23. The summed E-state index contributed by atoms with van der Waals surface area (Å²) in [7, 11) is 1.67. The number of carbonyl (C=O) groups is 1. The van der Waals surface area contributed by atoms with Crippen molar-refractivity contribution in [2.24, 2.45) is 0 Å². The first-order chi connectivity index (χ1) is 13.7. The molecule has 1 N–H and O–H groups in total. The average Bonchev–Trinajstić information content (AvgIpc) is 2.75. The summed E-state index contributed by atoms with van der Waals surface area (Å²) in [5, 5.41) is 3.09. The maximum Gasteiger partial charge on any atom is 0.260 e. The van der Waals surface area contributed by atoms with E-state index in [1.807, 2.05) is 42.5 Å². The fourth-order valence-corrected chi connectivity index (χ4v) is 3.61. The van der Waals surface area contributed by atoms with Crippen molar-refractivity contribution in [2.45, 2.75) is 38.3 Å². The minimum absolute atomic E-state index is 0.0978. The number of methoxy groups -OCH3 is 1. The van der Waals surface area contributed by atoms with Gasteiger partial charge in [0.15, 0.2) is 6.10 Å². The number of nitrogens with one attached hydrogen (secondary N) is 1. The zero-order chi connectivity index (χ0) is 19.8. The second-order valence-corrected chi connectivity index (χ2v) is 7.20. The summed E-state index contributed by atoms with van der Waals surface area (Å²) in [5.74, 6) is 1.45. The molecule has 0 aromatic heterocycles. The van der Waals surface area contributed by atoms with E-state index in [4.69, 9.17) is 9.47 Å². The molecule has 1 fully saturated rings. The van der Waals surface area contributed by atoms with Gasteiger partial charge in [-0.2, -0.15) is 0 Å². The van der Waals surface area contributed by atoms with Crippen LogP contribution < -0.4 is 14.8 Å². The lowest BCUT2D eigenvalue weighted by atomic mass is 10.0. The molecule has 3 rings (SSSR count). The van der Waals surface area contributed by atoms with Crippen molar-refractivity contribution in [1.29, 1.82) is 0 Å². The summed E-state index contributed by atoms with van der Waals surface area (Å²) >= 11 is 0. The first-order valence-electron chi connectivity index (χ1n) is 10.0. The van der Waals surface area contributed by atoms with E-state index in [0.717, 1.165) is 18.8 Å². The van der Waals surface area contributed by atoms with Crippen LogP contribution in [0.4, 0.5) is 0 Å². The molecule has 28 heavy (non-hydrogen) atoms. The van der Waals surface area contributed by atoms with Crippen molar-refractivity contribution in [2.75, 3.05) is 26.7 Å². The Bertz CT molecular complexity index is 727. The molecule has 5 heteroatoms. The molecule has 150 valence electrons. The van der Waals surface area contributed by atoms with Crippen LogP contribution in [0.1, 0.15) is 37.8 Å². The predicted octanol–water partition coefficient (Wildman–Crippen LogP) is 3.81. The molecule has 0 radical (unpaired) electrons. The van der Waals surface area contributed by atoms with Crippen LogP contribution >= 0.6 is 0 Å². The number of benzene rings is 2. The van der Waals surface area contributed by atoms with Gasteiger partial charge in [0.25, 0.3) is 5.91 Å². The molecule has 2 unspecified atom stereocenters. The second kappa shape index (κ2) is 10.1. The van der Waals surface area contributed by atoms with Crippen LogP contribution in [0.2, 0.25) is 0 Å². The van der Waals surface area contributed by atoms with Gasteiger partial charge in [0.2, 0.25) is 0 Å². The largest absolute Gasteiger partial charge is 0.497 e. The molecular formula is C23H30N2O3. The van der Waals surface area contributed by atoms with Crippen molar-refractivity contribution >= 4 is 5.91 Å². The molecular weight excluding hydrogens is 352 g/mol. The SMILES string of the molecule is COc1ccc(C(CNC(=O)C(C)Oc2ccccc2)N2CCCCC2)cc1. The highest BCUT2D eigenvalue weighted by Gasteiger charge is 2.24. The molecule has 1 saturated heterocycles. The molecule has 1 heterocycles. The van der Waals surface area contributed by atoms with Gasteiger partial charge in [-0.15, -0.1) is 0 Å². The van der Waals surface area contributed by atoms with Gasteiger partial charge in [-0.25, -0.2) is 0 Å². The highest BCUT2D eigenvalue weighted by atomic mass is 16.5. The number of rotatable bonds is 8. The lowest BCUT2D eigenvalue weighted by Gasteiger charge is -2.35. The Balaban J connectivity index is 1.63. The number of hydrogen-bond donors (Lipinski definition) is 1. The summed E-state index contributed by atoms with van der Waals surface area (Å²) in [6, 6.07) is 17.7. The van der Waals surface area contributed by atoms with Crippen LogP contribution in [0.25, 0.3) is 0 Å². The van der Waals surface area contributed by atoms with Gasteiger partial charge in [-0.05, 0) is 62.7 Å². The fraction of sp³-hybridized carbons (Fsp3) is 0.435. The normalized spacial score (nSPS) is 16.8. The van der Waals surface area contributed by atoms with Gasteiger partial charge >= 0.3 is 0 Å². The second-order valence-electron chi connectivity index (χ2n) is 7.20. The van der Waals surface area contributed by atoms with Crippen LogP contribution in [-0.2, 0) is 4.79 Å². The van der Waals surface area contributed by atoms with E-state index in [0.29, 0.717) is 12.3 Å². The molecule has 0 spiro atoms. The summed E-state index contributed by atoms with van der Waals surface area (Å²) in [5.41, 5.74) is 1.19. The number of nitrogens with zero attached hydrogens (tertiary/aromatic N) is 1. The molecule has 2 aromatic carbocycles. The Morgan fingerprint density at radius 2 is 1.68 bits per heavy atom. The van der Waals surface area contributed by atoms with Crippen molar-refractivity contribution < 1.29 is 14.3 Å². The number of likely N-dealkylation sites (tertiary alicyclic amines) is 1. The van der Waals surface area contributed by atoms with E-state index in [9.17, 15) is 4.79 Å². The zero-order valence-electron chi connectivity index (χ0n) is 16.8. The van der Waals surface area contributed by atoms with Gasteiger partial charge in [0.1, 0.15) is 11.5 Å². The molecule has 0 aliphatic carbocycles. The Hall–Kier alpha value is -2.53. The van der Waals surface area contributed by atoms with E-state index in [2.05, 4.69) is 22.3 Å². The molecule has 2 aromatic rings. The van der Waals surface area contributed by atoms with Crippen LogP contribution in [0.15, 0.2) is 54.6 Å². The molecule has 1 aliphatic heterocycles. The number of amides is 1. The summed E-state index contributed by atoms with van der Waals surface area (Å²) < 4.78 is 11.0. The van der Waals surface area contributed by atoms with Gasteiger partial charge in [-0.3, -0.25) is 9.69 Å². The minimum atomic E-state index is -0.541. The standard InChI is InChI=1S/C23H30N2O3/c1-18(28-21-9-5-3-6-10-21)23(26)24-17-22(25-15-7-4-8-16-25)19-11-13-20(27-2)14-12-19/h3,5-6,9-14,18,22H,4,7-8,15-17H2,1-2H3,(H,24,26). The summed E-state index contributed by atoms with van der Waals surface area (Å²) in [6.07, 6.45) is 3.14. The van der Waals surface area contributed by atoms with Crippen LogP contribution in [0.5, 0.6) is 11.5 Å². The maximum absolute atomic E-state index is 12.6. The fourth-order valence-electron chi connectivity index (χ4n) is 3.61. The highest BCUT2D eigenvalue weighted by molar-refractivity contribution is 5.80. The van der Waals surface area contributed by atoms with Gasteiger partial charge < -0.3 is 14.8 Å². The summed E-state index contributed by atoms with van der Waals surface area (Å²) in [6.45, 7) is 4.46. The zero-order valence-corrected chi connectivity index (χ0v) is 16.8. The molecule has 5 nitrogen and oxygen atoms in total. The van der Waals surface area contributed by atoms with Crippen molar-refractivity contribution in [3.05, 3.63) is 60.2 Å². The number of hydrogen-bond acceptors (Lipinski definition) is 4. The lowest BCUT2D eigenvalue weighted by Crippen LogP contribution is -2.43. The van der Waals surface area contributed by atoms with Crippen LogP contribution in [0.3, 0.4) is 0 Å².